The highest BCUT2D eigenvalue weighted by Crippen LogP contribution is 2.37. The van der Waals surface area contributed by atoms with Crippen LogP contribution in [0.25, 0.3) is 10.8 Å². The first-order valence-corrected chi connectivity index (χ1v) is 22.4. The largest absolute Gasteiger partial charge is 0.443 e. The maximum Gasteiger partial charge on any atom is 0.425 e. The van der Waals surface area contributed by atoms with Crippen molar-refractivity contribution in [2.45, 2.75) is 101 Å². The van der Waals surface area contributed by atoms with Gasteiger partial charge in [-0.2, -0.15) is 4.90 Å². The molecule has 3 N–H and O–H groups in total. The normalized spacial score (nSPS) is 13.7. The molecule has 3 amide bonds. The number of ether oxygens (including phenoxy) is 2. The molecule has 0 spiro atoms. The quantitative estimate of drug-likeness (QED) is 0.102. The lowest BCUT2D eigenvalue weighted by molar-refractivity contribution is -0.131. The molecule has 1 atom stereocenters. The molecule has 0 saturated heterocycles. The van der Waals surface area contributed by atoms with Crippen LogP contribution < -0.4 is 16.0 Å². The van der Waals surface area contributed by atoms with E-state index in [1.807, 2.05) is 49.5 Å². The summed E-state index contributed by atoms with van der Waals surface area (Å²) in [6.45, 7) is 11.3. The minimum Gasteiger partial charge on any atom is -0.443 e. The Morgan fingerprint density at radius 1 is 0.825 bits per heavy atom. The molecule has 334 valence electrons. The summed E-state index contributed by atoms with van der Waals surface area (Å²) in [6.07, 6.45) is 0.615. The van der Waals surface area contributed by atoms with E-state index in [1.165, 1.54) is 28.7 Å². The molecule has 1 aliphatic rings. The number of carbonyl (C=O) groups excluding carboxylic acids is 3. The van der Waals surface area contributed by atoms with Crippen LogP contribution in [-0.4, -0.2) is 78.4 Å². The first kappa shape index (κ1) is 46.4. The smallest absolute Gasteiger partial charge is 0.425 e. The van der Waals surface area contributed by atoms with E-state index in [0.29, 0.717) is 46.7 Å². The van der Waals surface area contributed by atoms with Crippen LogP contribution in [-0.2, 0) is 43.6 Å². The zero-order valence-electron chi connectivity index (χ0n) is 37.1. The van der Waals surface area contributed by atoms with E-state index >= 15 is 4.39 Å². The third kappa shape index (κ3) is 11.9. The minimum absolute atomic E-state index is 0.00781. The first-order chi connectivity index (χ1) is 29.6. The Bertz CT molecular complexity index is 2560. The van der Waals surface area contributed by atoms with Gasteiger partial charge in [0.1, 0.15) is 23.1 Å². The van der Waals surface area contributed by atoms with Crippen molar-refractivity contribution in [3.63, 3.8) is 0 Å². The summed E-state index contributed by atoms with van der Waals surface area (Å²) in [4.78, 5) is 50.5. The van der Waals surface area contributed by atoms with E-state index in [0.717, 1.165) is 24.8 Å². The van der Waals surface area contributed by atoms with Crippen LogP contribution in [0.3, 0.4) is 0 Å². The summed E-state index contributed by atoms with van der Waals surface area (Å²) in [5.74, 6) is -1.36. The maximum absolute atomic E-state index is 15.8. The number of sulfone groups is 1. The van der Waals surface area contributed by atoms with Gasteiger partial charge in [0.05, 0.1) is 16.3 Å². The minimum atomic E-state index is -3.62. The van der Waals surface area contributed by atoms with Gasteiger partial charge in [-0.15, -0.1) is 0 Å². The van der Waals surface area contributed by atoms with Crippen LogP contribution in [0.1, 0.15) is 82.7 Å². The summed E-state index contributed by atoms with van der Waals surface area (Å²) >= 11 is 0. The number of likely N-dealkylation sites (N-methyl/N-ethyl adjacent to an activating group) is 2. The van der Waals surface area contributed by atoms with Gasteiger partial charge in [0, 0.05) is 48.8 Å². The average Bonchev–Trinajstić information content (AvgIpc) is 4.06. The second-order valence-electron chi connectivity index (χ2n) is 18.1. The van der Waals surface area contributed by atoms with Gasteiger partial charge in [-0.25, -0.2) is 27.4 Å². The summed E-state index contributed by atoms with van der Waals surface area (Å²) in [5, 5.41) is 2.95. The Kier molecular flexibility index (Phi) is 13.8. The molecule has 1 aromatic heterocycles. The van der Waals surface area contributed by atoms with Crippen LogP contribution in [0, 0.1) is 5.82 Å². The fourth-order valence-corrected chi connectivity index (χ4v) is 8.98. The highest BCUT2D eigenvalue weighted by Gasteiger charge is 2.39. The summed E-state index contributed by atoms with van der Waals surface area (Å²) in [7, 11) is 0.0192. The van der Waals surface area contributed by atoms with Gasteiger partial charge in [0.2, 0.25) is 5.91 Å². The summed E-state index contributed by atoms with van der Waals surface area (Å²) in [5.41, 5.74) is 8.05. The number of aromatic nitrogens is 1. The predicted molar refractivity (Wildman–Crippen MR) is 243 cm³/mol. The molecule has 0 aliphatic heterocycles. The van der Waals surface area contributed by atoms with Crippen molar-refractivity contribution < 1.29 is 36.7 Å². The SMILES string of the molecule is CN(CCc1cccc(C(Nc2ccc3c(N(C(=O)OC(C)(C)C)C(=O)OC(C)(C)C)ncc(F)c3c2)C(=O)N(C)Cc2cc(N)ccc2S(=O)(=O)C2CC2)c1)Cc1ccccc1. The highest BCUT2D eigenvalue weighted by atomic mass is 32.2. The lowest BCUT2D eigenvalue weighted by Gasteiger charge is -2.29. The molecule has 63 heavy (non-hydrogen) atoms. The molecule has 4 aromatic carbocycles. The van der Waals surface area contributed by atoms with Crippen molar-refractivity contribution in [1.29, 1.82) is 0 Å². The van der Waals surface area contributed by atoms with E-state index in [4.69, 9.17) is 15.2 Å². The van der Waals surface area contributed by atoms with Gasteiger partial charge in [0.25, 0.3) is 0 Å². The number of hydrogen-bond acceptors (Lipinski definition) is 11. The Morgan fingerprint density at radius 2 is 1.48 bits per heavy atom. The average molecular weight is 881 g/mol. The van der Waals surface area contributed by atoms with E-state index < -0.39 is 56.2 Å². The van der Waals surface area contributed by atoms with Gasteiger partial charge in [-0.1, -0.05) is 54.6 Å². The number of anilines is 3. The Balaban J connectivity index is 1.36. The van der Waals surface area contributed by atoms with Crippen molar-refractivity contribution in [3.05, 3.63) is 125 Å². The van der Waals surface area contributed by atoms with Gasteiger partial charge in [-0.3, -0.25) is 4.79 Å². The van der Waals surface area contributed by atoms with E-state index in [9.17, 15) is 22.8 Å². The van der Waals surface area contributed by atoms with Gasteiger partial charge >= 0.3 is 12.2 Å². The van der Waals surface area contributed by atoms with Gasteiger partial charge < -0.3 is 30.3 Å². The van der Waals surface area contributed by atoms with E-state index in [2.05, 4.69) is 27.3 Å². The molecular formula is C48H57FN6O7S. The molecule has 1 saturated carbocycles. The molecule has 15 heteroatoms. The number of nitrogen functional groups attached to an aromatic ring is 1. The van der Waals surface area contributed by atoms with Crippen LogP contribution >= 0.6 is 0 Å². The van der Waals surface area contributed by atoms with Crippen molar-refractivity contribution in [2.24, 2.45) is 0 Å². The predicted octanol–water partition coefficient (Wildman–Crippen LogP) is 9.06. The standard InChI is InChI=1S/C48H57FN6O7S/c1-47(2,3)61-45(57)55(46(58)62-48(4,5)6)43-38-21-18-36(27-39(38)40(49)28-51-43)52-42(33-16-12-15-31(25-33)23-24-53(7)29-32-13-10-9-11-14-32)44(56)54(8)30-34-26-35(50)17-22-41(34)63(59,60)37-19-20-37/h9-18,21-22,25-28,37,42,52H,19-20,23-24,29-30,50H2,1-8H3. The lowest BCUT2D eigenvalue weighted by Crippen LogP contribution is -2.44. The van der Waals surface area contributed by atoms with Crippen LogP contribution in [0.2, 0.25) is 0 Å². The molecule has 0 bridgehead atoms. The zero-order valence-corrected chi connectivity index (χ0v) is 38.0. The second kappa shape index (κ2) is 18.7. The monoisotopic (exact) mass is 880 g/mol. The second-order valence-corrected chi connectivity index (χ2v) is 20.3. The van der Waals surface area contributed by atoms with Gasteiger partial charge in [-0.05, 0) is 127 Å². The number of nitrogens with zero attached hydrogens (tertiary/aromatic N) is 4. The molecular weight excluding hydrogens is 824 g/mol. The lowest BCUT2D eigenvalue weighted by atomic mass is 10.00. The van der Waals surface area contributed by atoms with Crippen molar-refractivity contribution >= 4 is 55.9 Å². The third-order valence-corrected chi connectivity index (χ3v) is 12.6. The first-order valence-electron chi connectivity index (χ1n) is 20.9. The van der Waals surface area contributed by atoms with Crippen LogP contribution in [0.4, 0.5) is 31.2 Å². The number of halogens is 1. The van der Waals surface area contributed by atoms with Crippen molar-refractivity contribution in [2.75, 3.05) is 36.6 Å². The molecule has 13 nitrogen and oxygen atoms in total. The third-order valence-electron chi connectivity index (χ3n) is 10.2. The Hall–Kier alpha value is -6.06. The summed E-state index contributed by atoms with van der Waals surface area (Å²) in [6, 6.07) is 26.0. The fourth-order valence-electron chi connectivity index (χ4n) is 7.11. The molecule has 5 aromatic rings. The molecule has 1 heterocycles. The number of pyridine rings is 1. The van der Waals surface area contributed by atoms with Crippen LogP contribution in [0.15, 0.2) is 102 Å². The topological polar surface area (TPSA) is 164 Å². The van der Waals surface area contributed by atoms with E-state index in [1.54, 1.807) is 66.8 Å². The molecule has 1 fully saturated rings. The number of fused-ring (bicyclic) bond motifs is 1. The zero-order chi connectivity index (χ0) is 45.9. The van der Waals surface area contributed by atoms with Gasteiger partial charge in [0.15, 0.2) is 15.7 Å². The van der Waals surface area contributed by atoms with Crippen LogP contribution in [0.5, 0.6) is 0 Å². The molecule has 0 radical (unpaired) electrons. The number of carbonyl (C=O) groups is 3. The number of rotatable bonds is 14. The number of imide groups is 1. The maximum atomic E-state index is 15.8. The highest BCUT2D eigenvalue weighted by molar-refractivity contribution is 7.92. The number of hydrogen-bond donors (Lipinski definition) is 2. The molecule has 6 rings (SSSR count). The number of nitrogens with one attached hydrogen (secondary N) is 1. The fraction of sp³-hybridized carbons (Fsp3) is 0.375. The summed E-state index contributed by atoms with van der Waals surface area (Å²) < 4.78 is 53.9. The number of benzene rings is 4. The molecule has 1 unspecified atom stereocenters. The Morgan fingerprint density at radius 3 is 2.11 bits per heavy atom. The van der Waals surface area contributed by atoms with Crippen molar-refractivity contribution in [3.8, 4) is 0 Å². The molecule has 1 aliphatic carbocycles. The number of nitrogens with two attached hydrogens (primary N) is 1. The number of amides is 3. The van der Waals surface area contributed by atoms with E-state index in [-0.39, 0.29) is 28.0 Å². The van der Waals surface area contributed by atoms with Crippen molar-refractivity contribution in [1.82, 2.24) is 14.8 Å². The Labute approximate surface area is 369 Å².